The average molecular weight is 373 g/mol. The van der Waals surface area contributed by atoms with Crippen LogP contribution in [0.15, 0.2) is 54.6 Å². The highest BCUT2D eigenvalue weighted by atomic mass is 32.2. The van der Waals surface area contributed by atoms with Crippen LogP contribution in [0.3, 0.4) is 0 Å². The van der Waals surface area contributed by atoms with Crippen LogP contribution in [0.25, 0.3) is 0 Å². The molecular formula is C20H23NO4S. The lowest BCUT2D eigenvalue weighted by molar-refractivity contribution is -0.138. The number of nitrogens with one attached hydrogen (secondary N) is 1. The van der Waals surface area contributed by atoms with Gasteiger partial charge < -0.3 is 5.11 Å². The SMILES string of the molecule is O=C(O)[C@@H](Cc1ccccc1)NS(=O)(=O)CCC1Cc2ccccc2C1. The molecule has 0 saturated heterocycles. The minimum Gasteiger partial charge on any atom is -0.480 e. The maximum absolute atomic E-state index is 12.4. The molecule has 0 aliphatic heterocycles. The highest BCUT2D eigenvalue weighted by Gasteiger charge is 2.27. The van der Waals surface area contributed by atoms with Crippen molar-refractivity contribution in [1.29, 1.82) is 0 Å². The zero-order valence-electron chi connectivity index (χ0n) is 14.5. The normalized spacial score (nSPS) is 15.5. The zero-order valence-corrected chi connectivity index (χ0v) is 15.3. The predicted octanol–water partition coefficient (Wildman–Crippen LogP) is 2.41. The van der Waals surface area contributed by atoms with E-state index in [1.807, 2.05) is 18.2 Å². The van der Waals surface area contributed by atoms with Gasteiger partial charge in [0, 0.05) is 0 Å². The highest BCUT2D eigenvalue weighted by molar-refractivity contribution is 7.89. The van der Waals surface area contributed by atoms with Crippen LogP contribution in [0, 0.1) is 5.92 Å². The van der Waals surface area contributed by atoms with Crippen molar-refractivity contribution in [3.8, 4) is 0 Å². The lowest BCUT2D eigenvalue weighted by Crippen LogP contribution is -2.43. The number of carboxylic acids is 1. The number of hydrogen-bond acceptors (Lipinski definition) is 3. The van der Waals surface area contributed by atoms with Gasteiger partial charge in [-0.3, -0.25) is 4.79 Å². The van der Waals surface area contributed by atoms with Crippen LogP contribution in [0.2, 0.25) is 0 Å². The monoisotopic (exact) mass is 373 g/mol. The lowest BCUT2D eigenvalue weighted by atomic mass is 10.0. The topological polar surface area (TPSA) is 83.5 Å². The second-order valence-corrected chi connectivity index (χ2v) is 8.72. The van der Waals surface area contributed by atoms with E-state index in [1.54, 1.807) is 24.3 Å². The maximum Gasteiger partial charge on any atom is 0.322 e. The number of hydrogen-bond donors (Lipinski definition) is 2. The van der Waals surface area contributed by atoms with Gasteiger partial charge >= 0.3 is 5.97 Å². The van der Waals surface area contributed by atoms with Gasteiger partial charge in [0.1, 0.15) is 6.04 Å². The third-order valence-electron chi connectivity index (χ3n) is 4.83. The number of sulfonamides is 1. The molecular weight excluding hydrogens is 350 g/mol. The molecule has 2 aromatic rings. The number of benzene rings is 2. The second-order valence-electron chi connectivity index (χ2n) is 6.85. The number of rotatable bonds is 8. The van der Waals surface area contributed by atoms with E-state index in [9.17, 15) is 18.3 Å². The first kappa shape index (κ1) is 18.6. The predicted molar refractivity (Wildman–Crippen MR) is 100 cm³/mol. The Morgan fingerprint density at radius 3 is 2.19 bits per heavy atom. The molecule has 3 rings (SSSR count). The molecule has 0 radical (unpaired) electrons. The molecule has 0 spiro atoms. The molecule has 5 nitrogen and oxygen atoms in total. The molecule has 2 N–H and O–H groups in total. The summed E-state index contributed by atoms with van der Waals surface area (Å²) in [6.45, 7) is 0. The quantitative estimate of drug-likeness (QED) is 0.744. The van der Waals surface area contributed by atoms with Gasteiger partial charge in [0.15, 0.2) is 0 Å². The summed E-state index contributed by atoms with van der Waals surface area (Å²) < 4.78 is 27.1. The highest BCUT2D eigenvalue weighted by Crippen LogP contribution is 2.28. The van der Waals surface area contributed by atoms with E-state index in [4.69, 9.17) is 0 Å². The van der Waals surface area contributed by atoms with Crippen LogP contribution in [-0.4, -0.2) is 31.3 Å². The Morgan fingerprint density at radius 2 is 1.62 bits per heavy atom. The van der Waals surface area contributed by atoms with E-state index < -0.39 is 22.0 Å². The molecule has 1 aliphatic carbocycles. The molecule has 1 aliphatic rings. The molecule has 0 heterocycles. The lowest BCUT2D eigenvalue weighted by Gasteiger charge is -2.16. The second kappa shape index (κ2) is 8.01. The van der Waals surface area contributed by atoms with Gasteiger partial charge in [-0.25, -0.2) is 13.1 Å². The third kappa shape index (κ3) is 4.93. The number of aliphatic carboxylic acids is 1. The Hall–Kier alpha value is -2.18. The summed E-state index contributed by atoms with van der Waals surface area (Å²) in [4.78, 5) is 11.5. The van der Waals surface area contributed by atoms with Crippen molar-refractivity contribution in [1.82, 2.24) is 4.72 Å². The molecule has 0 amide bonds. The third-order valence-corrected chi connectivity index (χ3v) is 6.25. The van der Waals surface area contributed by atoms with Gasteiger partial charge in [-0.1, -0.05) is 54.6 Å². The Bertz CT molecular complexity index is 839. The van der Waals surface area contributed by atoms with Crippen LogP contribution < -0.4 is 4.72 Å². The van der Waals surface area contributed by atoms with E-state index in [0.29, 0.717) is 12.3 Å². The molecule has 0 saturated carbocycles. The van der Waals surface area contributed by atoms with Crippen molar-refractivity contribution < 1.29 is 18.3 Å². The van der Waals surface area contributed by atoms with Gasteiger partial charge in [-0.15, -0.1) is 0 Å². The number of carbonyl (C=O) groups is 1. The van der Waals surface area contributed by atoms with E-state index >= 15 is 0 Å². The first-order valence-corrected chi connectivity index (χ1v) is 10.4. The van der Waals surface area contributed by atoms with Gasteiger partial charge in [0.05, 0.1) is 5.75 Å². The van der Waals surface area contributed by atoms with E-state index in [-0.39, 0.29) is 12.2 Å². The Labute approximate surface area is 154 Å². The summed E-state index contributed by atoms with van der Waals surface area (Å²) in [7, 11) is -3.65. The minimum atomic E-state index is -3.65. The first-order chi connectivity index (χ1) is 12.4. The van der Waals surface area contributed by atoms with Crippen molar-refractivity contribution in [2.24, 2.45) is 5.92 Å². The molecule has 0 fully saturated rings. The molecule has 0 bridgehead atoms. The standard InChI is InChI=1S/C20H23NO4S/c22-20(23)19(14-15-6-2-1-3-7-15)21-26(24,25)11-10-16-12-17-8-4-5-9-18(17)13-16/h1-9,16,19,21H,10-14H2,(H,22,23)/t19-/m1/s1. The fraction of sp³-hybridized carbons (Fsp3) is 0.350. The summed E-state index contributed by atoms with van der Waals surface area (Å²) in [5.74, 6) is -0.920. The van der Waals surface area contributed by atoms with Crippen molar-refractivity contribution in [3.63, 3.8) is 0 Å². The first-order valence-electron chi connectivity index (χ1n) is 8.76. The van der Waals surface area contributed by atoms with Gasteiger partial charge in [-0.2, -0.15) is 0 Å². The van der Waals surface area contributed by atoms with Crippen LogP contribution >= 0.6 is 0 Å². The molecule has 1 atom stereocenters. The Balaban J connectivity index is 1.56. The summed E-state index contributed by atoms with van der Waals surface area (Å²) in [6, 6.07) is 16.1. The zero-order chi connectivity index (χ0) is 18.6. The van der Waals surface area contributed by atoms with Crippen molar-refractivity contribution >= 4 is 16.0 Å². The fourth-order valence-electron chi connectivity index (χ4n) is 3.48. The Kier molecular flexibility index (Phi) is 5.74. The molecule has 0 unspecified atom stereocenters. The summed E-state index contributed by atoms with van der Waals surface area (Å²) in [6.07, 6.45) is 2.43. The Morgan fingerprint density at radius 1 is 1.04 bits per heavy atom. The average Bonchev–Trinajstić information content (AvgIpc) is 3.03. The molecule has 138 valence electrons. The minimum absolute atomic E-state index is 0.0514. The summed E-state index contributed by atoms with van der Waals surface area (Å²) in [5, 5.41) is 9.37. The number of fused-ring (bicyclic) bond motifs is 1. The van der Waals surface area contributed by atoms with Crippen molar-refractivity contribution in [2.75, 3.05) is 5.75 Å². The number of carboxylic acid groups (broad SMARTS) is 1. The summed E-state index contributed by atoms with van der Waals surface area (Å²) >= 11 is 0. The van der Waals surface area contributed by atoms with Crippen LogP contribution in [0.4, 0.5) is 0 Å². The largest absolute Gasteiger partial charge is 0.480 e. The smallest absolute Gasteiger partial charge is 0.322 e. The van der Waals surface area contributed by atoms with Gasteiger partial charge in [0.2, 0.25) is 10.0 Å². The summed E-state index contributed by atoms with van der Waals surface area (Å²) in [5.41, 5.74) is 3.36. The van der Waals surface area contributed by atoms with E-state index in [1.165, 1.54) is 11.1 Å². The van der Waals surface area contributed by atoms with Crippen LogP contribution in [-0.2, 0) is 34.1 Å². The molecule has 26 heavy (non-hydrogen) atoms. The van der Waals surface area contributed by atoms with Gasteiger partial charge in [-0.05, 0) is 48.3 Å². The fourth-order valence-corrected chi connectivity index (χ4v) is 4.86. The van der Waals surface area contributed by atoms with E-state index in [2.05, 4.69) is 16.9 Å². The maximum atomic E-state index is 12.4. The molecule has 2 aromatic carbocycles. The molecule has 0 aromatic heterocycles. The van der Waals surface area contributed by atoms with Crippen molar-refractivity contribution in [2.45, 2.75) is 31.7 Å². The van der Waals surface area contributed by atoms with Crippen molar-refractivity contribution in [3.05, 3.63) is 71.3 Å². The van der Waals surface area contributed by atoms with Crippen LogP contribution in [0.1, 0.15) is 23.1 Å². The molecule has 6 heteroatoms. The van der Waals surface area contributed by atoms with Gasteiger partial charge in [0.25, 0.3) is 0 Å². The van der Waals surface area contributed by atoms with Crippen LogP contribution in [0.5, 0.6) is 0 Å². The van der Waals surface area contributed by atoms with E-state index in [0.717, 1.165) is 18.4 Å².